The van der Waals surface area contributed by atoms with Crippen LogP contribution in [0.15, 0.2) is 58.5 Å². The predicted molar refractivity (Wildman–Crippen MR) is 153 cm³/mol. The van der Waals surface area contributed by atoms with Gasteiger partial charge in [-0.3, -0.25) is 4.79 Å². The Morgan fingerprint density at radius 2 is 1.34 bits per heavy atom. The number of hydroxylamine groups is 2. The van der Waals surface area contributed by atoms with Crippen molar-refractivity contribution in [2.75, 3.05) is 0 Å². The molecule has 7 rings (SSSR count). The molecule has 0 saturated carbocycles. The molecule has 3 heterocycles. The van der Waals surface area contributed by atoms with E-state index in [1.165, 1.54) is 22.3 Å². The molecule has 1 saturated heterocycles. The molecule has 1 fully saturated rings. The van der Waals surface area contributed by atoms with Gasteiger partial charge < -0.3 is 14.2 Å². The van der Waals surface area contributed by atoms with Crippen LogP contribution in [0.3, 0.4) is 0 Å². The maximum atomic E-state index is 13.7. The lowest BCUT2D eigenvalue weighted by molar-refractivity contribution is -0.299. The van der Waals surface area contributed by atoms with E-state index in [4.69, 9.17) is 24.2 Å². The zero-order chi connectivity index (χ0) is 28.7. The summed E-state index contributed by atoms with van der Waals surface area (Å²) in [6, 6.07) is 16.4. The van der Waals surface area contributed by atoms with Crippen LogP contribution in [-0.2, 0) is 37.1 Å². The van der Waals surface area contributed by atoms with Gasteiger partial charge in [0, 0.05) is 36.8 Å². The topological polar surface area (TPSA) is 92.6 Å². The normalized spacial score (nSPS) is 30.6. The zero-order valence-electron chi connectivity index (χ0n) is 24.4. The molecule has 41 heavy (non-hydrogen) atoms. The Bertz CT molecular complexity index is 1370. The molecule has 2 aromatic carbocycles. The van der Waals surface area contributed by atoms with E-state index in [-0.39, 0.29) is 42.8 Å². The van der Waals surface area contributed by atoms with Gasteiger partial charge in [-0.05, 0) is 56.9 Å². The van der Waals surface area contributed by atoms with Gasteiger partial charge in [-0.25, -0.2) is 9.98 Å². The van der Waals surface area contributed by atoms with Crippen molar-refractivity contribution in [3.8, 4) is 0 Å². The second kappa shape index (κ2) is 9.13. The summed E-state index contributed by atoms with van der Waals surface area (Å²) >= 11 is 0. The lowest BCUT2D eigenvalue weighted by Crippen LogP contribution is -2.60. The Kier molecular flexibility index (Phi) is 5.94. The molecule has 0 spiro atoms. The standard InChI is InChI=1S/C33H38N3O5/c1-31(2)16-21(17-32(3,4)36(31)38)39-26(37)18-33(5,29-34-27-22-12-8-6-10-19(22)14-24(27)40-29)30-35-28-23-13-9-7-11-20(23)15-25(28)41-30/h6-13,21,24-25,27-28H,14-18H2,1-5H3. The first-order valence-corrected chi connectivity index (χ1v) is 14.8. The van der Waals surface area contributed by atoms with Crippen molar-refractivity contribution in [1.82, 2.24) is 5.06 Å². The first-order valence-electron chi connectivity index (χ1n) is 14.8. The number of carbonyl (C=O) groups excluding carboxylic acids is 1. The molecule has 1 radical (unpaired) electrons. The smallest absolute Gasteiger partial charge is 0.307 e. The van der Waals surface area contributed by atoms with Gasteiger partial charge in [-0.2, -0.15) is 0 Å². The minimum absolute atomic E-state index is 0.00864. The maximum Gasteiger partial charge on any atom is 0.307 e. The highest BCUT2D eigenvalue weighted by molar-refractivity contribution is 6.08. The Morgan fingerprint density at radius 3 is 1.83 bits per heavy atom. The predicted octanol–water partition coefficient (Wildman–Crippen LogP) is 5.48. The molecule has 0 bridgehead atoms. The van der Waals surface area contributed by atoms with E-state index < -0.39 is 16.5 Å². The molecule has 2 aliphatic carbocycles. The van der Waals surface area contributed by atoms with Gasteiger partial charge in [0.2, 0.25) is 11.8 Å². The molecule has 0 aromatic heterocycles. The highest BCUT2D eigenvalue weighted by Gasteiger charge is 2.54. The van der Waals surface area contributed by atoms with E-state index in [9.17, 15) is 10.0 Å². The number of fused-ring (bicyclic) bond motifs is 6. The highest BCUT2D eigenvalue weighted by Crippen LogP contribution is 2.48. The Balaban J connectivity index is 1.19. The third kappa shape index (κ3) is 4.29. The van der Waals surface area contributed by atoms with Crippen molar-refractivity contribution in [2.24, 2.45) is 15.4 Å². The summed E-state index contributed by atoms with van der Waals surface area (Å²) in [6.07, 6.45) is 1.91. The molecule has 0 N–H and O–H groups in total. The van der Waals surface area contributed by atoms with Crippen LogP contribution in [0.5, 0.6) is 0 Å². The number of ether oxygens (including phenoxy) is 3. The van der Waals surface area contributed by atoms with E-state index in [0.717, 1.165) is 17.9 Å². The average Bonchev–Trinajstić information content (AvgIpc) is 3.65. The first-order chi connectivity index (χ1) is 19.4. The lowest BCUT2D eigenvalue weighted by Gasteiger charge is -2.49. The van der Waals surface area contributed by atoms with E-state index in [1.807, 2.05) is 58.9 Å². The molecule has 4 unspecified atom stereocenters. The summed E-state index contributed by atoms with van der Waals surface area (Å²) in [5.41, 5.74) is 2.56. The fourth-order valence-corrected chi connectivity index (χ4v) is 7.75. The SMILES string of the molecule is CC(CC(=O)OC1CC(C)(C)N([O])C(C)(C)C1)(C1=NC2c3ccccc3CC2O1)C1=NC2c3ccccc3CC2O1. The van der Waals surface area contributed by atoms with Crippen molar-refractivity contribution >= 4 is 17.8 Å². The molecule has 215 valence electrons. The number of benzene rings is 2. The van der Waals surface area contributed by atoms with Crippen molar-refractivity contribution in [2.45, 2.75) is 108 Å². The monoisotopic (exact) mass is 556 g/mol. The third-order valence-corrected chi connectivity index (χ3v) is 9.63. The van der Waals surface area contributed by atoms with E-state index >= 15 is 0 Å². The molecular weight excluding hydrogens is 518 g/mol. The number of piperidine rings is 1. The van der Waals surface area contributed by atoms with Crippen LogP contribution >= 0.6 is 0 Å². The second-order valence-electron chi connectivity index (χ2n) is 13.8. The van der Waals surface area contributed by atoms with Crippen LogP contribution in [0.2, 0.25) is 0 Å². The number of aliphatic imine (C=N–C) groups is 2. The summed E-state index contributed by atoms with van der Waals surface area (Å²) in [7, 11) is 0. The van der Waals surface area contributed by atoms with E-state index in [0.29, 0.717) is 24.6 Å². The van der Waals surface area contributed by atoms with Gasteiger partial charge in [0.05, 0.1) is 6.42 Å². The van der Waals surface area contributed by atoms with Crippen molar-refractivity contribution in [3.63, 3.8) is 0 Å². The van der Waals surface area contributed by atoms with Crippen molar-refractivity contribution in [3.05, 3.63) is 70.8 Å². The zero-order valence-corrected chi connectivity index (χ0v) is 24.4. The Morgan fingerprint density at radius 1 is 0.878 bits per heavy atom. The van der Waals surface area contributed by atoms with Gasteiger partial charge in [0.25, 0.3) is 0 Å². The lowest BCUT2D eigenvalue weighted by atomic mass is 9.80. The van der Waals surface area contributed by atoms with Gasteiger partial charge in [-0.15, -0.1) is 10.3 Å². The molecule has 5 aliphatic rings. The van der Waals surface area contributed by atoms with Gasteiger partial charge in [0.15, 0.2) is 0 Å². The van der Waals surface area contributed by atoms with E-state index in [1.54, 1.807) is 0 Å². The van der Waals surface area contributed by atoms with E-state index in [2.05, 4.69) is 24.3 Å². The molecule has 2 aromatic rings. The minimum atomic E-state index is -1.01. The highest BCUT2D eigenvalue weighted by atomic mass is 16.6. The molecular formula is C33H38N3O5. The van der Waals surface area contributed by atoms with Crippen LogP contribution in [-0.4, -0.2) is 52.2 Å². The number of nitrogens with zero attached hydrogens (tertiary/aromatic N) is 3. The van der Waals surface area contributed by atoms with Crippen molar-refractivity contribution < 1.29 is 24.2 Å². The minimum Gasteiger partial charge on any atom is -0.474 e. The number of hydrogen-bond donors (Lipinski definition) is 0. The van der Waals surface area contributed by atoms with Crippen LogP contribution in [0.4, 0.5) is 0 Å². The Labute approximate surface area is 241 Å². The fourth-order valence-electron chi connectivity index (χ4n) is 7.75. The summed E-state index contributed by atoms with van der Waals surface area (Å²) in [5.74, 6) is 0.609. The quantitative estimate of drug-likeness (QED) is 0.455. The molecule has 8 heteroatoms. The first kappa shape index (κ1) is 26.7. The van der Waals surface area contributed by atoms with Gasteiger partial charge >= 0.3 is 5.97 Å². The Hall–Kier alpha value is -3.23. The summed E-state index contributed by atoms with van der Waals surface area (Å²) in [6.45, 7) is 9.56. The van der Waals surface area contributed by atoms with Crippen molar-refractivity contribution in [1.29, 1.82) is 0 Å². The largest absolute Gasteiger partial charge is 0.474 e. The molecule has 4 atom stereocenters. The molecule has 8 nitrogen and oxygen atoms in total. The van der Waals surface area contributed by atoms with Crippen LogP contribution in [0.25, 0.3) is 0 Å². The molecule has 3 aliphatic heterocycles. The van der Waals surface area contributed by atoms with Crippen LogP contribution < -0.4 is 0 Å². The van der Waals surface area contributed by atoms with Crippen LogP contribution in [0.1, 0.15) is 88.2 Å². The third-order valence-electron chi connectivity index (χ3n) is 9.63. The molecule has 0 amide bonds. The number of carbonyl (C=O) groups is 1. The fraction of sp³-hybridized carbons (Fsp3) is 0.545. The summed E-state index contributed by atoms with van der Waals surface area (Å²) in [5, 5.41) is 14.0. The second-order valence-corrected chi connectivity index (χ2v) is 13.8. The summed E-state index contributed by atoms with van der Waals surface area (Å²) < 4.78 is 19.2. The van der Waals surface area contributed by atoms with Gasteiger partial charge in [-0.1, -0.05) is 48.5 Å². The van der Waals surface area contributed by atoms with Crippen LogP contribution in [0, 0.1) is 5.41 Å². The number of hydrogen-bond acceptors (Lipinski definition) is 7. The van der Waals surface area contributed by atoms with Gasteiger partial charge in [0.1, 0.15) is 35.8 Å². The number of esters is 1. The number of rotatable bonds is 5. The average molecular weight is 557 g/mol. The summed E-state index contributed by atoms with van der Waals surface area (Å²) in [4.78, 5) is 23.9. The maximum absolute atomic E-state index is 13.7.